The molecule has 0 spiro atoms. The maximum absolute atomic E-state index is 12.7. The van der Waals surface area contributed by atoms with Crippen LogP contribution in [0.2, 0.25) is 0 Å². The zero-order valence-corrected chi connectivity index (χ0v) is 15.0. The van der Waals surface area contributed by atoms with Crippen LogP contribution in [0.4, 0.5) is 4.79 Å². The summed E-state index contributed by atoms with van der Waals surface area (Å²) in [6.07, 6.45) is 5.14. The van der Waals surface area contributed by atoms with Gasteiger partial charge in [-0.1, -0.05) is 36.4 Å². The van der Waals surface area contributed by atoms with Crippen LogP contribution in [-0.4, -0.2) is 29.1 Å². The average Bonchev–Trinajstić information content (AvgIpc) is 2.68. The molecule has 1 fully saturated rings. The van der Waals surface area contributed by atoms with Crippen LogP contribution >= 0.6 is 0 Å². The highest BCUT2D eigenvalue weighted by molar-refractivity contribution is 5.75. The van der Waals surface area contributed by atoms with Crippen molar-refractivity contribution < 1.29 is 9.90 Å². The molecule has 2 aromatic carbocycles. The Morgan fingerprint density at radius 2 is 1.85 bits per heavy atom. The molecule has 4 heteroatoms. The van der Waals surface area contributed by atoms with Gasteiger partial charge in [-0.15, -0.1) is 0 Å². The summed E-state index contributed by atoms with van der Waals surface area (Å²) in [5.41, 5.74) is 3.82. The normalized spacial score (nSPS) is 20.5. The summed E-state index contributed by atoms with van der Waals surface area (Å²) in [6, 6.07) is 16.2. The number of hydrogen-bond donors (Lipinski definition) is 2. The van der Waals surface area contributed by atoms with Crippen LogP contribution in [0.25, 0.3) is 0 Å². The van der Waals surface area contributed by atoms with Gasteiger partial charge in [0.2, 0.25) is 0 Å². The van der Waals surface area contributed by atoms with Gasteiger partial charge in [-0.05, 0) is 66.8 Å². The Hall–Kier alpha value is -2.49. The van der Waals surface area contributed by atoms with Crippen molar-refractivity contribution in [1.82, 2.24) is 10.2 Å². The van der Waals surface area contributed by atoms with Crippen LogP contribution in [0, 0.1) is 0 Å². The molecular weight excluding hydrogens is 324 g/mol. The number of hydrogen-bond acceptors (Lipinski definition) is 2. The first-order valence-corrected chi connectivity index (χ1v) is 9.63. The first-order chi connectivity index (χ1) is 12.7. The molecule has 0 unspecified atom stereocenters. The monoisotopic (exact) mass is 350 g/mol. The number of carbonyl (C=O) groups is 1. The number of aryl methyl sites for hydroxylation is 1. The fourth-order valence-electron chi connectivity index (χ4n) is 4.34. The SMILES string of the molecule is O=C(N[C@@H]1CCCc2ccccc21)N1CCC(c2cccc(O)c2)CC1. The van der Waals surface area contributed by atoms with Crippen molar-refractivity contribution in [2.45, 2.75) is 44.1 Å². The first kappa shape index (κ1) is 17.0. The van der Waals surface area contributed by atoms with Gasteiger partial charge in [-0.2, -0.15) is 0 Å². The second-order valence-corrected chi connectivity index (χ2v) is 7.45. The van der Waals surface area contributed by atoms with E-state index in [1.165, 1.54) is 16.7 Å². The Morgan fingerprint density at radius 3 is 2.65 bits per heavy atom. The van der Waals surface area contributed by atoms with E-state index >= 15 is 0 Å². The summed E-state index contributed by atoms with van der Waals surface area (Å²) in [7, 11) is 0. The van der Waals surface area contributed by atoms with Crippen molar-refractivity contribution in [1.29, 1.82) is 0 Å². The second-order valence-electron chi connectivity index (χ2n) is 7.45. The maximum atomic E-state index is 12.7. The lowest BCUT2D eigenvalue weighted by molar-refractivity contribution is 0.176. The van der Waals surface area contributed by atoms with Crippen LogP contribution < -0.4 is 5.32 Å². The maximum Gasteiger partial charge on any atom is 0.317 e. The van der Waals surface area contributed by atoms with Crippen LogP contribution in [0.3, 0.4) is 0 Å². The molecule has 0 saturated carbocycles. The molecule has 1 atom stereocenters. The van der Waals surface area contributed by atoms with E-state index in [0.29, 0.717) is 11.7 Å². The number of fused-ring (bicyclic) bond motifs is 1. The zero-order valence-electron chi connectivity index (χ0n) is 15.0. The predicted molar refractivity (Wildman–Crippen MR) is 102 cm³/mol. The van der Waals surface area contributed by atoms with E-state index in [9.17, 15) is 9.90 Å². The van der Waals surface area contributed by atoms with Crippen molar-refractivity contribution in [3.63, 3.8) is 0 Å². The van der Waals surface area contributed by atoms with Gasteiger partial charge in [-0.25, -0.2) is 4.79 Å². The van der Waals surface area contributed by atoms with Gasteiger partial charge >= 0.3 is 6.03 Å². The van der Waals surface area contributed by atoms with Crippen molar-refractivity contribution >= 4 is 6.03 Å². The summed E-state index contributed by atoms with van der Waals surface area (Å²) in [5, 5.41) is 12.9. The molecule has 2 amide bonds. The standard InChI is InChI=1S/C22H26N2O2/c25-19-8-3-7-18(15-19)16-11-13-24(14-12-16)22(26)23-21-10-4-6-17-5-1-2-9-20(17)21/h1-3,5,7-9,15-16,21,25H,4,6,10-14H2,(H,23,26)/t21-/m1/s1. The van der Waals surface area contributed by atoms with Crippen LogP contribution in [-0.2, 0) is 6.42 Å². The van der Waals surface area contributed by atoms with E-state index in [2.05, 4.69) is 35.6 Å². The van der Waals surface area contributed by atoms with Gasteiger partial charge in [0.05, 0.1) is 6.04 Å². The minimum atomic E-state index is 0.0565. The number of nitrogens with zero attached hydrogens (tertiary/aromatic N) is 1. The fourth-order valence-corrected chi connectivity index (χ4v) is 4.34. The lowest BCUT2D eigenvalue weighted by Crippen LogP contribution is -2.45. The highest BCUT2D eigenvalue weighted by Crippen LogP contribution is 2.32. The number of phenols is 1. The van der Waals surface area contributed by atoms with Gasteiger partial charge in [0.1, 0.15) is 5.75 Å². The number of phenolic OH excluding ortho intramolecular Hbond substituents is 1. The molecule has 4 nitrogen and oxygen atoms in total. The van der Waals surface area contributed by atoms with Crippen molar-refractivity contribution in [3.8, 4) is 5.75 Å². The Bertz CT molecular complexity index is 781. The van der Waals surface area contributed by atoms with Crippen LogP contribution in [0.1, 0.15) is 54.3 Å². The number of amides is 2. The van der Waals surface area contributed by atoms with Gasteiger partial charge < -0.3 is 15.3 Å². The topological polar surface area (TPSA) is 52.6 Å². The molecule has 2 aliphatic rings. The third-order valence-corrected chi connectivity index (χ3v) is 5.79. The zero-order chi connectivity index (χ0) is 17.9. The number of likely N-dealkylation sites (tertiary alicyclic amines) is 1. The number of piperidine rings is 1. The van der Waals surface area contributed by atoms with E-state index in [4.69, 9.17) is 0 Å². The molecule has 2 N–H and O–H groups in total. The number of urea groups is 1. The first-order valence-electron chi connectivity index (χ1n) is 9.63. The molecule has 0 bridgehead atoms. The Labute approximate surface area is 154 Å². The van der Waals surface area contributed by atoms with Crippen molar-refractivity contribution in [2.24, 2.45) is 0 Å². The number of benzene rings is 2. The largest absolute Gasteiger partial charge is 0.508 e. The summed E-state index contributed by atoms with van der Waals surface area (Å²) in [5.74, 6) is 0.736. The molecule has 1 heterocycles. The molecular formula is C22H26N2O2. The molecule has 1 saturated heterocycles. The Kier molecular flexibility index (Phi) is 4.83. The quantitative estimate of drug-likeness (QED) is 0.845. The molecule has 0 aromatic heterocycles. The molecule has 26 heavy (non-hydrogen) atoms. The summed E-state index contributed by atoms with van der Waals surface area (Å²) in [6.45, 7) is 1.53. The van der Waals surface area contributed by atoms with Crippen molar-refractivity contribution in [3.05, 3.63) is 65.2 Å². The Morgan fingerprint density at radius 1 is 1.04 bits per heavy atom. The molecule has 2 aromatic rings. The van der Waals surface area contributed by atoms with Gasteiger partial charge in [-0.3, -0.25) is 0 Å². The Balaban J connectivity index is 1.36. The molecule has 1 aliphatic carbocycles. The van der Waals surface area contributed by atoms with E-state index in [1.54, 1.807) is 6.07 Å². The minimum Gasteiger partial charge on any atom is -0.508 e. The highest BCUT2D eigenvalue weighted by Gasteiger charge is 2.27. The average molecular weight is 350 g/mol. The summed E-state index contributed by atoms with van der Waals surface area (Å²) >= 11 is 0. The fraction of sp³-hybridized carbons (Fsp3) is 0.409. The van der Waals surface area contributed by atoms with E-state index in [-0.39, 0.29) is 12.1 Å². The number of rotatable bonds is 2. The summed E-state index contributed by atoms with van der Waals surface area (Å²) < 4.78 is 0. The third-order valence-electron chi connectivity index (χ3n) is 5.79. The minimum absolute atomic E-state index is 0.0565. The lowest BCUT2D eigenvalue weighted by atomic mass is 9.87. The van der Waals surface area contributed by atoms with Gasteiger partial charge in [0.15, 0.2) is 0 Å². The smallest absolute Gasteiger partial charge is 0.317 e. The van der Waals surface area contributed by atoms with Crippen molar-refractivity contribution in [2.75, 3.05) is 13.1 Å². The van der Waals surface area contributed by atoms with E-state index < -0.39 is 0 Å². The summed E-state index contributed by atoms with van der Waals surface area (Å²) in [4.78, 5) is 14.7. The molecule has 1 aliphatic heterocycles. The number of carbonyl (C=O) groups excluding carboxylic acids is 1. The molecule has 0 radical (unpaired) electrons. The lowest BCUT2D eigenvalue weighted by Gasteiger charge is -2.34. The van der Waals surface area contributed by atoms with Crippen LogP contribution in [0.5, 0.6) is 5.75 Å². The highest BCUT2D eigenvalue weighted by atomic mass is 16.3. The predicted octanol–water partition coefficient (Wildman–Crippen LogP) is 4.36. The van der Waals surface area contributed by atoms with Gasteiger partial charge in [0.25, 0.3) is 0 Å². The molecule has 136 valence electrons. The van der Waals surface area contributed by atoms with Gasteiger partial charge in [0, 0.05) is 13.1 Å². The number of nitrogens with one attached hydrogen (secondary N) is 1. The van der Waals surface area contributed by atoms with E-state index in [0.717, 1.165) is 45.2 Å². The number of aromatic hydroxyl groups is 1. The van der Waals surface area contributed by atoms with E-state index in [1.807, 2.05) is 17.0 Å². The second kappa shape index (κ2) is 7.40. The molecule has 4 rings (SSSR count). The third kappa shape index (κ3) is 3.55. The van der Waals surface area contributed by atoms with Crippen LogP contribution in [0.15, 0.2) is 48.5 Å².